The molecule has 0 aromatic heterocycles. The molecule has 0 saturated heterocycles. The quantitative estimate of drug-likeness (QED) is 0.587. The number of carboxylic acid groups (broad SMARTS) is 1. The maximum Gasteiger partial charge on any atom is 0.407 e. The summed E-state index contributed by atoms with van der Waals surface area (Å²) in [4.78, 5) is 22.4. The van der Waals surface area contributed by atoms with Crippen molar-refractivity contribution in [2.24, 2.45) is 0 Å². The number of carbonyl (C=O) groups is 2. The molecule has 0 aromatic rings. The molecule has 1 amide bonds. The van der Waals surface area contributed by atoms with Gasteiger partial charge >= 0.3 is 12.1 Å². The molecular formula is C13H26N2O4. The van der Waals surface area contributed by atoms with Gasteiger partial charge in [-0.15, -0.1) is 0 Å². The Labute approximate surface area is 114 Å². The number of rotatable bonds is 8. The number of amides is 1. The number of ether oxygens (including phenoxy) is 1. The van der Waals surface area contributed by atoms with Gasteiger partial charge in [-0.1, -0.05) is 6.42 Å². The lowest BCUT2D eigenvalue weighted by atomic mass is 10.1. The van der Waals surface area contributed by atoms with E-state index in [0.717, 1.165) is 19.4 Å². The Balaban J connectivity index is 4.18. The van der Waals surface area contributed by atoms with Crippen molar-refractivity contribution >= 4 is 12.1 Å². The maximum atomic E-state index is 11.6. The van der Waals surface area contributed by atoms with Crippen LogP contribution in [0.4, 0.5) is 4.79 Å². The topological polar surface area (TPSA) is 87.7 Å². The van der Waals surface area contributed by atoms with Gasteiger partial charge < -0.3 is 20.5 Å². The summed E-state index contributed by atoms with van der Waals surface area (Å²) in [6.07, 6.45) is 1.79. The van der Waals surface area contributed by atoms with E-state index in [1.165, 1.54) is 0 Å². The summed E-state index contributed by atoms with van der Waals surface area (Å²) in [5, 5.41) is 14.5. The normalized spacial score (nSPS) is 12.8. The van der Waals surface area contributed by atoms with Crippen LogP contribution in [0.15, 0.2) is 0 Å². The largest absolute Gasteiger partial charge is 0.481 e. The van der Waals surface area contributed by atoms with Gasteiger partial charge in [0, 0.05) is 6.04 Å². The third kappa shape index (κ3) is 11.5. The molecule has 0 rings (SSSR count). The van der Waals surface area contributed by atoms with Crippen molar-refractivity contribution in [3.05, 3.63) is 0 Å². The molecule has 6 nitrogen and oxygen atoms in total. The van der Waals surface area contributed by atoms with E-state index in [2.05, 4.69) is 10.6 Å². The van der Waals surface area contributed by atoms with Crippen molar-refractivity contribution in [1.82, 2.24) is 10.6 Å². The molecule has 0 bridgehead atoms. The summed E-state index contributed by atoms with van der Waals surface area (Å²) in [7, 11) is 1.87. The van der Waals surface area contributed by atoms with Gasteiger partial charge in [0.25, 0.3) is 0 Å². The van der Waals surface area contributed by atoms with Crippen LogP contribution in [0.5, 0.6) is 0 Å². The van der Waals surface area contributed by atoms with Crippen LogP contribution in [0.2, 0.25) is 0 Å². The Hall–Kier alpha value is -1.30. The van der Waals surface area contributed by atoms with Crippen LogP contribution in [0.1, 0.15) is 46.5 Å². The number of hydrogen-bond acceptors (Lipinski definition) is 4. The minimum Gasteiger partial charge on any atom is -0.481 e. The van der Waals surface area contributed by atoms with Crippen molar-refractivity contribution in [3.8, 4) is 0 Å². The number of alkyl carbamates (subject to hydrolysis) is 1. The second-order valence-electron chi connectivity index (χ2n) is 5.54. The van der Waals surface area contributed by atoms with Crippen LogP contribution >= 0.6 is 0 Å². The second-order valence-corrected chi connectivity index (χ2v) is 5.54. The molecule has 0 spiro atoms. The summed E-state index contributed by atoms with van der Waals surface area (Å²) in [5.74, 6) is -0.922. The van der Waals surface area contributed by atoms with Gasteiger partial charge in [-0.2, -0.15) is 0 Å². The first kappa shape index (κ1) is 17.7. The predicted molar refractivity (Wildman–Crippen MR) is 73.2 cm³/mol. The third-order valence-electron chi connectivity index (χ3n) is 2.37. The van der Waals surface area contributed by atoms with Gasteiger partial charge in [0.1, 0.15) is 5.60 Å². The highest BCUT2D eigenvalue weighted by atomic mass is 16.6. The number of unbranched alkanes of at least 4 members (excludes halogenated alkanes) is 1. The Morgan fingerprint density at radius 2 is 1.89 bits per heavy atom. The number of hydrogen-bond donors (Lipinski definition) is 3. The van der Waals surface area contributed by atoms with E-state index in [0.29, 0.717) is 6.42 Å². The van der Waals surface area contributed by atoms with Gasteiger partial charge in [-0.3, -0.25) is 4.79 Å². The van der Waals surface area contributed by atoms with Gasteiger partial charge in [0.15, 0.2) is 0 Å². The van der Waals surface area contributed by atoms with E-state index >= 15 is 0 Å². The lowest BCUT2D eigenvalue weighted by Gasteiger charge is -2.23. The minimum atomic E-state index is -0.922. The van der Waals surface area contributed by atoms with Gasteiger partial charge in [0.05, 0.1) is 6.42 Å². The molecule has 0 aliphatic heterocycles. The molecule has 0 fully saturated rings. The lowest BCUT2D eigenvalue weighted by molar-refractivity contribution is -0.137. The van der Waals surface area contributed by atoms with Crippen molar-refractivity contribution in [1.29, 1.82) is 0 Å². The minimum absolute atomic E-state index is 0.0845. The van der Waals surface area contributed by atoms with Crippen LogP contribution in [0.25, 0.3) is 0 Å². The molecule has 112 valence electrons. The maximum absolute atomic E-state index is 11.6. The number of aliphatic carboxylic acids is 1. The molecular weight excluding hydrogens is 248 g/mol. The zero-order valence-corrected chi connectivity index (χ0v) is 12.3. The lowest BCUT2D eigenvalue weighted by Crippen LogP contribution is -2.40. The Morgan fingerprint density at radius 3 is 2.37 bits per heavy atom. The van der Waals surface area contributed by atoms with Gasteiger partial charge in [-0.05, 0) is 47.2 Å². The van der Waals surface area contributed by atoms with Crippen molar-refractivity contribution in [2.45, 2.75) is 58.1 Å². The molecule has 19 heavy (non-hydrogen) atoms. The summed E-state index contributed by atoms with van der Waals surface area (Å²) < 4.78 is 5.12. The molecule has 6 heteroatoms. The number of carbonyl (C=O) groups excluding carboxylic acids is 1. The first-order chi connectivity index (χ1) is 8.74. The zero-order valence-electron chi connectivity index (χ0n) is 12.3. The Bertz CT molecular complexity index is 287. The van der Waals surface area contributed by atoms with E-state index in [4.69, 9.17) is 9.84 Å². The van der Waals surface area contributed by atoms with E-state index in [-0.39, 0.29) is 12.5 Å². The predicted octanol–water partition coefficient (Wildman–Crippen LogP) is 1.74. The molecule has 0 saturated carbocycles. The average molecular weight is 274 g/mol. The van der Waals surface area contributed by atoms with E-state index in [1.54, 1.807) is 20.8 Å². The molecule has 0 aliphatic rings. The third-order valence-corrected chi connectivity index (χ3v) is 2.37. The fourth-order valence-electron chi connectivity index (χ4n) is 1.60. The highest BCUT2D eigenvalue weighted by Crippen LogP contribution is 2.09. The smallest absolute Gasteiger partial charge is 0.407 e. The standard InChI is InChI=1S/C13H26N2O4/c1-13(2,3)19-12(18)15-10(9-11(16)17)7-5-6-8-14-4/h10,14H,5-9H2,1-4H3,(H,15,18)(H,16,17)/t10-/m0/s1. The summed E-state index contributed by atoms with van der Waals surface area (Å²) >= 11 is 0. The number of carboxylic acids is 1. The highest BCUT2D eigenvalue weighted by molar-refractivity contribution is 5.71. The average Bonchev–Trinajstić information content (AvgIpc) is 2.20. The highest BCUT2D eigenvalue weighted by Gasteiger charge is 2.20. The molecule has 0 unspecified atom stereocenters. The van der Waals surface area contributed by atoms with Crippen molar-refractivity contribution in [2.75, 3.05) is 13.6 Å². The first-order valence-corrected chi connectivity index (χ1v) is 6.60. The molecule has 0 aliphatic carbocycles. The fourth-order valence-corrected chi connectivity index (χ4v) is 1.60. The van der Waals surface area contributed by atoms with Crippen molar-refractivity contribution in [3.63, 3.8) is 0 Å². The van der Waals surface area contributed by atoms with Crippen LogP contribution in [-0.4, -0.2) is 42.4 Å². The molecule has 3 N–H and O–H groups in total. The van der Waals surface area contributed by atoms with Crippen LogP contribution in [0.3, 0.4) is 0 Å². The molecule has 1 atom stereocenters. The van der Waals surface area contributed by atoms with Crippen LogP contribution in [0, 0.1) is 0 Å². The van der Waals surface area contributed by atoms with E-state index < -0.39 is 17.7 Å². The van der Waals surface area contributed by atoms with E-state index in [9.17, 15) is 9.59 Å². The van der Waals surface area contributed by atoms with Crippen LogP contribution < -0.4 is 10.6 Å². The van der Waals surface area contributed by atoms with Gasteiger partial charge in [0.2, 0.25) is 0 Å². The number of nitrogens with one attached hydrogen (secondary N) is 2. The molecule has 0 radical (unpaired) electrons. The summed E-state index contributed by atoms with van der Waals surface area (Å²) in [5.41, 5.74) is -0.579. The van der Waals surface area contributed by atoms with Gasteiger partial charge in [-0.25, -0.2) is 4.79 Å². The summed E-state index contributed by atoms with van der Waals surface area (Å²) in [6.45, 7) is 6.19. The fraction of sp³-hybridized carbons (Fsp3) is 0.846. The monoisotopic (exact) mass is 274 g/mol. The molecule has 0 aromatic carbocycles. The van der Waals surface area contributed by atoms with Crippen molar-refractivity contribution < 1.29 is 19.4 Å². The Kier molecular flexibility index (Phi) is 8.14. The summed E-state index contributed by atoms with van der Waals surface area (Å²) in [6, 6.07) is -0.385. The zero-order chi connectivity index (χ0) is 14.9. The van der Waals surface area contributed by atoms with E-state index in [1.807, 2.05) is 7.05 Å². The first-order valence-electron chi connectivity index (χ1n) is 6.60. The Morgan fingerprint density at radius 1 is 1.26 bits per heavy atom. The SMILES string of the molecule is CNCCCC[C@@H](CC(=O)O)NC(=O)OC(C)(C)C. The second kappa shape index (κ2) is 8.74. The van der Waals surface area contributed by atoms with Crippen LogP contribution in [-0.2, 0) is 9.53 Å². The molecule has 0 heterocycles.